The van der Waals surface area contributed by atoms with Gasteiger partial charge in [-0.05, 0) is 24.3 Å². The van der Waals surface area contributed by atoms with Gasteiger partial charge in [-0.3, -0.25) is 19.6 Å². The fourth-order valence-corrected chi connectivity index (χ4v) is 1.72. The summed E-state index contributed by atoms with van der Waals surface area (Å²) in [5, 5.41) is 16.5. The zero-order chi connectivity index (χ0) is 16.5. The van der Waals surface area contributed by atoms with E-state index in [1.54, 1.807) is 30.3 Å². The first-order valence-electron chi connectivity index (χ1n) is 6.81. The quantitative estimate of drug-likeness (QED) is 0.310. The molecular weight excluding hydrogens is 298 g/mol. The molecule has 0 saturated heterocycles. The van der Waals surface area contributed by atoms with Crippen LogP contribution in [0.25, 0.3) is 0 Å². The lowest BCUT2D eigenvalue weighted by molar-refractivity contribution is 0.0925. The van der Waals surface area contributed by atoms with Gasteiger partial charge in [0, 0.05) is 25.5 Å². The van der Waals surface area contributed by atoms with Gasteiger partial charge in [-0.15, -0.1) is 0 Å². The van der Waals surface area contributed by atoms with Gasteiger partial charge in [-0.1, -0.05) is 11.2 Å². The fraction of sp³-hybridized carbons (Fsp3) is 0.133. The van der Waals surface area contributed by atoms with Gasteiger partial charge in [0.15, 0.2) is 0 Å². The first-order valence-corrected chi connectivity index (χ1v) is 6.81. The van der Waals surface area contributed by atoms with Crippen molar-refractivity contribution < 1.29 is 14.8 Å². The molecular formula is C15H15N5O3. The van der Waals surface area contributed by atoms with Crippen LogP contribution >= 0.6 is 0 Å². The SMILES string of the molecule is O=C(NCCNC(=O)c1ccccn1)c1ccc(/C=N\O)nc1. The van der Waals surface area contributed by atoms with E-state index in [0.717, 1.165) is 6.21 Å². The van der Waals surface area contributed by atoms with Crippen LogP contribution in [0.1, 0.15) is 26.5 Å². The highest BCUT2D eigenvalue weighted by Gasteiger charge is 2.07. The number of nitrogens with zero attached hydrogens (tertiary/aromatic N) is 3. The van der Waals surface area contributed by atoms with Crippen molar-refractivity contribution in [3.63, 3.8) is 0 Å². The monoisotopic (exact) mass is 313 g/mol. The van der Waals surface area contributed by atoms with Crippen molar-refractivity contribution >= 4 is 18.0 Å². The van der Waals surface area contributed by atoms with Crippen LogP contribution in [0.5, 0.6) is 0 Å². The van der Waals surface area contributed by atoms with Gasteiger partial charge in [0.1, 0.15) is 5.69 Å². The Hall–Kier alpha value is -3.29. The third-order valence-electron chi connectivity index (χ3n) is 2.83. The lowest BCUT2D eigenvalue weighted by atomic mass is 10.2. The van der Waals surface area contributed by atoms with Crippen LogP contribution in [0, 0.1) is 0 Å². The number of carbonyl (C=O) groups is 2. The summed E-state index contributed by atoms with van der Waals surface area (Å²) < 4.78 is 0. The number of nitrogens with one attached hydrogen (secondary N) is 2. The average Bonchev–Trinajstić information content (AvgIpc) is 2.60. The third-order valence-corrected chi connectivity index (χ3v) is 2.83. The van der Waals surface area contributed by atoms with Crippen LogP contribution in [0.2, 0.25) is 0 Å². The van der Waals surface area contributed by atoms with Gasteiger partial charge in [0.25, 0.3) is 11.8 Å². The molecule has 0 saturated carbocycles. The predicted molar refractivity (Wildman–Crippen MR) is 82.5 cm³/mol. The molecule has 0 bridgehead atoms. The van der Waals surface area contributed by atoms with Crippen molar-refractivity contribution in [2.24, 2.45) is 5.16 Å². The second-order valence-corrected chi connectivity index (χ2v) is 4.44. The smallest absolute Gasteiger partial charge is 0.269 e. The highest BCUT2D eigenvalue weighted by molar-refractivity contribution is 5.94. The lowest BCUT2D eigenvalue weighted by Gasteiger charge is -2.07. The largest absolute Gasteiger partial charge is 0.411 e. The summed E-state index contributed by atoms with van der Waals surface area (Å²) in [6.45, 7) is 0.557. The molecule has 0 spiro atoms. The number of rotatable bonds is 6. The standard InChI is InChI=1S/C15H15N5O3/c21-14(11-4-5-12(10-20-23)19-9-11)17-7-8-18-15(22)13-3-1-2-6-16-13/h1-6,9-10,23H,7-8H2,(H,17,21)(H,18,22)/b20-10-. The van der Waals surface area contributed by atoms with Gasteiger partial charge in [0.05, 0.1) is 17.5 Å². The molecule has 0 atom stereocenters. The van der Waals surface area contributed by atoms with Crippen LogP contribution in [-0.2, 0) is 0 Å². The molecule has 3 N–H and O–H groups in total. The minimum Gasteiger partial charge on any atom is -0.411 e. The second-order valence-electron chi connectivity index (χ2n) is 4.44. The maximum atomic E-state index is 11.9. The number of hydrogen-bond acceptors (Lipinski definition) is 6. The van der Waals surface area contributed by atoms with Crippen molar-refractivity contribution in [2.75, 3.05) is 13.1 Å². The van der Waals surface area contributed by atoms with Crippen LogP contribution in [0.4, 0.5) is 0 Å². The first-order chi connectivity index (χ1) is 11.2. The Labute approximate surface area is 132 Å². The summed E-state index contributed by atoms with van der Waals surface area (Å²) in [6.07, 6.45) is 4.07. The Morgan fingerprint density at radius 2 is 1.87 bits per heavy atom. The van der Waals surface area contributed by atoms with E-state index < -0.39 is 0 Å². The minimum absolute atomic E-state index is 0.275. The highest BCUT2D eigenvalue weighted by atomic mass is 16.4. The van der Waals surface area contributed by atoms with E-state index in [1.165, 1.54) is 12.4 Å². The zero-order valence-corrected chi connectivity index (χ0v) is 12.1. The van der Waals surface area contributed by atoms with Gasteiger partial charge < -0.3 is 15.8 Å². The van der Waals surface area contributed by atoms with E-state index in [4.69, 9.17) is 5.21 Å². The molecule has 0 fully saturated rings. The summed E-state index contributed by atoms with van der Waals surface area (Å²) in [7, 11) is 0. The highest BCUT2D eigenvalue weighted by Crippen LogP contribution is 1.98. The number of amides is 2. The van der Waals surface area contributed by atoms with Crippen LogP contribution in [0.3, 0.4) is 0 Å². The molecule has 8 heteroatoms. The number of oxime groups is 1. The molecule has 0 radical (unpaired) electrons. The van der Waals surface area contributed by atoms with E-state index >= 15 is 0 Å². The molecule has 0 aromatic carbocycles. The molecule has 118 valence electrons. The van der Waals surface area contributed by atoms with Crippen molar-refractivity contribution in [1.29, 1.82) is 0 Å². The summed E-state index contributed by atoms with van der Waals surface area (Å²) >= 11 is 0. The number of carbonyl (C=O) groups excluding carboxylic acids is 2. The molecule has 8 nitrogen and oxygen atoms in total. The summed E-state index contributed by atoms with van der Waals surface area (Å²) in [5.41, 5.74) is 1.13. The lowest BCUT2D eigenvalue weighted by Crippen LogP contribution is -2.35. The summed E-state index contributed by atoms with van der Waals surface area (Å²) in [4.78, 5) is 31.5. The molecule has 2 aromatic rings. The summed E-state index contributed by atoms with van der Waals surface area (Å²) in [5.74, 6) is -0.605. The van der Waals surface area contributed by atoms with Crippen LogP contribution in [-0.4, -0.2) is 46.3 Å². The molecule has 0 aliphatic heterocycles. The van der Waals surface area contributed by atoms with E-state index in [0.29, 0.717) is 17.0 Å². The molecule has 0 aliphatic rings. The Balaban J connectivity index is 1.75. The van der Waals surface area contributed by atoms with Crippen molar-refractivity contribution in [1.82, 2.24) is 20.6 Å². The van der Waals surface area contributed by atoms with E-state index in [-0.39, 0.29) is 24.9 Å². The topological polar surface area (TPSA) is 117 Å². The maximum Gasteiger partial charge on any atom is 0.269 e. The summed E-state index contributed by atoms with van der Waals surface area (Å²) in [6, 6.07) is 8.17. The average molecular weight is 313 g/mol. The van der Waals surface area contributed by atoms with Gasteiger partial charge in [0.2, 0.25) is 0 Å². The van der Waals surface area contributed by atoms with Crippen LogP contribution in [0.15, 0.2) is 47.9 Å². The Bertz CT molecular complexity index is 686. The molecule has 2 heterocycles. The Morgan fingerprint density at radius 1 is 1.09 bits per heavy atom. The molecule has 0 unspecified atom stereocenters. The van der Waals surface area contributed by atoms with Crippen LogP contribution < -0.4 is 10.6 Å². The van der Waals surface area contributed by atoms with E-state index in [2.05, 4.69) is 25.8 Å². The number of pyridine rings is 2. The third kappa shape index (κ3) is 4.88. The van der Waals surface area contributed by atoms with E-state index in [9.17, 15) is 9.59 Å². The molecule has 2 aromatic heterocycles. The maximum absolute atomic E-state index is 11.9. The van der Waals surface area contributed by atoms with Crippen molar-refractivity contribution in [3.8, 4) is 0 Å². The molecule has 23 heavy (non-hydrogen) atoms. The van der Waals surface area contributed by atoms with E-state index in [1.807, 2.05) is 0 Å². The number of aromatic nitrogens is 2. The zero-order valence-electron chi connectivity index (χ0n) is 12.1. The first kappa shape index (κ1) is 16.1. The van der Waals surface area contributed by atoms with Gasteiger partial charge in [-0.25, -0.2) is 0 Å². The minimum atomic E-state index is -0.308. The van der Waals surface area contributed by atoms with Gasteiger partial charge in [-0.2, -0.15) is 0 Å². The second kappa shape index (κ2) is 8.23. The predicted octanol–water partition coefficient (Wildman–Crippen LogP) is 0.444. The Kier molecular flexibility index (Phi) is 5.75. The molecule has 2 amide bonds. The van der Waals surface area contributed by atoms with Crippen molar-refractivity contribution in [2.45, 2.75) is 0 Å². The normalized spacial score (nSPS) is 10.4. The fourth-order valence-electron chi connectivity index (χ4n) is 1.72. The van der Waals surface area contributed by atoms with Gasteiger partial charge >= 0.3 is 0 Å². The molecule has 2 rings (SSSR count). The Morgan fingerprint density at radius 3 is 2.48 bits per heavy atom. The van der Waals surface area contributed by atoms with Crippen molar-refractivity contribution in [3.05, 3.63) is 59.7 Å². The molecule has 0 aliphatic carbocycles. The number of hydrogen-bond donors (Lipinski definition) is 3.